The Bertz CT molecular complexity index is 272. The second-order valence-corrected chi connectivity index (χ2v) is 5.17. The first-order valence-corrected chi connectivity index (χ1v) is 6.73. The van der Waals surface area contributed by atoms with Gasteiger partial charge in [-0.3, -0.25) is 0 Å². The number of hydrogen-bond acceptors (Lipinski definition) is 2. The molecule has 0 spiro atoms. The van der Waals surface area contributed by atoms with Gasteiger partial charge in [0, 0.05) is 0 Å². The molecule has 14 heavy (non-hydrogen) atoms. The number of benzene rings is 1. The molecule has 1 rings (SSSR count). The molecule has 2 nitrogen and oxygen atoms in total. The van der Waals surface area contributed by atoms with Crippen molar-refractivity contribution in [2.75, 3.05) is 6.61 Å². The van der Waals surface area contributed by atoms with Crippen molar-refractivity contribution in [3.05, 3.63) is 30.3 Å². The molecular formula is C11H14O2Se. The van der Waals surface area contributed by atoms with Gasteiger partial charge in [0.15, 0.2) is 0 Å². The Morgan fingerprint density at radius 3 is 2.71 bits per heavy atom. The molecule has 76 valence electrons. The topological polar surface area (TPSA) is 26.3 Å². The van der Waals surface area contributed by atoms with E-state index in [1.807, 2.05) is 25.1 Å². The first-order chi connectivity index (χ1) is 6.83. The fourth-order valence-electron chi connectivity index (χ4n) is 1.00. The first kappa shape index (κ1) is 11.3. The van der Waals surface area contributed by atoms with Crippen molar-refractivity contribution in [3.8, 4) is 0 Å². The van der Waals surface area contributed by atoms with Gasteiger partial charge in [-0.15, -0.1) is 0 Å². The Hall–Kier alpha value is -0.791. The Morgan fingerprint density at radius 2 is 2.07 bits per heavy atom. The van der Waals surface area contributed by atoms with E-state index < -0.39 is 0 Å². The molecule has 0 N–H and O–H groups in total. The molecule has 0 unspecified atom stereocenters. The number of rotatable bonds is 5. The van der Waals surface area contributed by atoms with Crippen molar-refractivity contribution in [2.45, 2.75) is 18.7 Å². The van der Waals surface area contributed by atoms with Crippen LogP contribution in [0.25, 0.3) is 0 Å². The third kappa shape index (κ3) is 4.45. The quantitative estimate of drug-likeness (QED) is 0.588. The van der Waals surface area contributed by atoms with Gasteiger partial charge in [0.1, 0.15) is 0 Å². The zero-order chi connectivity index (χ0) is 10.2. The number of esters is 1. The fraction of sp³-hybridized carbons (Fsp3) is 0.364. The van der Waals surface area contributed by atoms with Crippen LogP contribution in [0.5, 0.6) is 0 Å². The average Bonchev–Trinajstić information content (AvgIpc) is 2.20. The summed E-state index contributed by atoms with van der Waals surface area (Å²) < 4.78 is 6.19. The van der Waals surface area contributed by atoms with E-state index in [0.717, 1.165) is 5.32 Å². The summed E-state index contributed by atoms with van der Waals surface area (Å²) in [4.78, 5) is 11.0. The average molecular weight is 257 g/mol. The summed E-state index contributed by atoms with van der Waals surface area (Å²) in [5.41, 5.74) is 0. The molecule has 1 aromatic carbocycles. The van der Waals surface area contributed by atoms with Crippen molar-refractivity contribution in [1.29, 1.82) is 0 Å². The van der Waals surface area contributed by atoms with Crippen molar-refractivity contribution in [1.82, 2.24) is 0 Å². The molecule has 0 aliphatic heterocycles. The van der Waals surface area contributed by atoms with Crippen LogP contribution in [0, 0.1) is 0 Å². The van der Waals surface area contributed by atoms with E-state index in [2.05, 4.69) is 12.1 Å². The second-order valence-electron chi connectivity index (χ2n) is 2.72. The minimum absolute atomic E-state index is 0.0784. The molecular weight excluding hydrogens is 243 g/mol. The van der Waals surface area contributed by atoms with E-state index in [1.54, 1.807) is 0 Å². The Labute approximate surface area is 90.8 Å². The van der Waals surface area contributed by atoms with Crippen LogP contribution in [0.1, 0.15) is 13.3 Å². The van der Waals surface area contributed by atoms with Crippen molar-refractivity contribution < 1.29 is 9.53 Å². The molecule has 0 amide bonds. The Balaban J connectivity index is 2.19. The monoisotopic (exact) mass is 258 g/mol. The van der Waals surface area contributed by atoms with E-state index in [0.29, 0.717) is 28.0 Å². The summed E-state index contributed by atoms with van der Waals surface area (Å²) in [5, 5.41) is 0.926. The number of ether oxygens (including phenoxy) is 1. The molecule has 0 atom stereocenters. The first-order valence-electron chi connectivity index (χ1n) is 4.66. The van der Waals surface area contributed by atoms with Gasteiger partial charge in [-0.25, -0.2) is 0 Å². The second kappa shape index (κ2) is 6.63. The molecule has 0 radical (unpaired) electrons. The molecule has 0 aliphatic carbocycles. The Kier molecular flexibility index (Phi) is 5.35. The summed E-state index contributed by atoms with van der Waals surface area (Å²) in [6.45, 7) is 2.32. The summed E-state index contributed by atoms with van der Waals surface area (Å²) in [6.07, 6.45) is 0.544. The van der Waals surface area contributed by atoms with Crippen molar-refractivity contribution in [2.24, 2.45) is 0 Å². The molecule has 0 bridgehead atoms. The number of carbonyl (C=O) groups is 1. The van der Waals surface area contributed by atoms with E-state index >= 15 is 0 Å². The van der Waals surface area contributed by atoms with E-state index in [-0.39, 0.29) is 5.97 Å². The fourth-order valence-corrected chi connectivity index (χ4v) is 2.79. The van der Waals surface area contributed by atoms with Gasteiger partial charge in [-0.2, -0.15) is 0 Å². The van der Waals surface area contributed by atoms with Crippen LogP contribution in [0.15, 0.2) is 30.3 Å². The van der Waals surface area contributed by atoms with Crippen molar-refractivity contribution in [3.63, 3.8) is 0 Å². The molecule has 0 aliphatic rings. The zero-order valence-corrected chi connectivity index (χ0v) is 9.95. The van der Waals surface area contributed by atoms with Crippen LogP contribution in [0.4, 0.5) is 0 Å². The van der Waals surface area contributed by atoms with Gasteiger partial charge in [-0.05, 0) is 0 Å². The summed E-state index contributed by atoms with van der Waals surface area (Å²) >= 11 is 0.397. The normalized spacial score (nSPS) is 9.79. The van der Waals surface area contributed by atoms with Crippen LogP contribution in [-0.2, 0) is 9.53 Å². The standard InChI is InChI=1S/C11H14O2Se/c1-2-13-11(12)8-9-14-10-6-4-3-5-7-10/h3-7H,2,8-9H2,1H3. The molecule has 0 saturated carbocycles. The third-order valence-electron chi connectivity index (χ3n) is 1.62. The van der Waals surface area contributed by atoms with E-state index in [9.17, 15) is 4.79 Å². The van der Waals surface area contributed by atoms with Gasteiger partial charge in [0.05, 0.1) is 0 Å². The van der Waals surface area contributed by atoms with Crippen LogP contribution < -0.4 is 4.46 Å². The zero-order valence-electron chi connectivity index (χ0n) is 8.23. The third-order valence-corrected chi connectivity index (χ3v) is 3.75. The van der Waals surface area contributed by atoms with Gasteiger partial charge in [0.25, 0.3) is 0 Å². The van der Waals surface area contributed by atoms with E-state index in [4.69, 9.17) is 4.74 Å². The Morgan fingerprint density at radius 1 is 1.36 bits per heavy atom. The molecule has 0 saturated heterocycles. The maximum absolute atomic E-state index is 11.0. The van der Waals surface area contributed by atoms with Crippen molar-refractivity contribution >= 4 is 25.4 Å². The van der Waals surface area contributed by atoms with Crippen LogP contribution in [-0.4, -0.2) is 27.5 Å². The predicted octanol–water partition coefficient (Wildman–Crippen LogP) is 1.39. The van der Waals surface area contributed by atoms with Gasteiger partial charge < -0.3 is 0 Å². The molecule has 0 heterocycles. The minimum atomic E-state index is -0.0784. The van der Waals surface area contributed by atoms with Crippen LogP contribution >= 0.6 is 0 Å². The molecule has 0 aromatic heterocycles. The van der Waals surface area contributed by atoms with Gasteiger partial charge in [0.2, 0.25) is 0 Å². The van der Waals surface area contributed by atoms with Crippen LogP contribution in [0.3, 0.4) is 0 Å². The van der Waals surface area contributed by atoms with Gasteiger partial charge >= 0.3 is 90.5 Å². The summed E-state index contributed by atoms with van der Waals surface area (Å²) in [7, 11) is 0. The molecule has 3 heteroatoms. The summed E-state index contributed by atoms with van der Waals surface area (Å²) in [6, 6.07) is 10.3. The maximum atomic E-state index is 11.0. The van der Waals surface area contributed by atoms with Crippen LogP contribution in [0.2, 0.25) is 5.32 Å². The number of carbonyl (C=O) groups excluding carboxylic acids is 1. The molecule has 1 aromatic rings. The summed E-state index contributed by atoms with van der Waals surface area (Å²) in [5.74, 6) is -0.0784. The molecule has 0 fully saturated rings. The SMILES string of the molecule is CCOC(=O)CC[Se]c1ccccc1. The number of hydrogen-bond donors (Lipinski definition) is 0. The van der Waals surface area contributed by atoms with Gasteiger partial charge in [-0.1, -0.05) is 0 Å². The predicted molar refractivity (Wildman–Crippen MR) is 57.9 cm³/mol. The van der Waals surface area contributed by atoms with E-state index in [1.165, 1.54) is 4.46 Å².